The van der Waals surface area contributed by atoms with Gasteiger partial charge >= 0.3 is 4.87 Å². The monoisotopic (exact) mass is 414 g/mol. The van der Waals surface area contributed by atoms with E-state index in [1.54, 1.807) is 16.5 Å². The quantitative estimate of drug-likeness (QED) is 0.622. The Balaban J connectivity index is 1.90. The van der Waals surface area contributed by atoms with Crippen molar-refractivity contribution < 1.29 is 4.79 Å². The van der Waals surface area contributed by atoms with Gasteiger partial charge in [0.15, 0.2) is 0 Å². The number of hydrogen-bond acceptors (Lipinski definition) is 3. The summed E-state index contributed by atoms with van der Waals surface area (Å²) in [5.41, 5.74) is 1.84. The number of hydrogen-bond donors (Lipinski definition) is 0. The van der Waals surface area contributed by atoms with Crippen LogP contribution in [0.2, 0.25) is 0 Å². The molecule has 126 valence electrons. The fourth-order valence-electron chi connectivity index (χ4n) is 3.23. The van der Waals surface area contributed by atoms with E-state index in [0.29, 0.717) is 12.2 Å². The molecule has 1 aliphatic heterocycles. The average molecular weight is 415 g/mol. The van der Waals surface area contributed by atoms with Gasteiger partial charge in [-0.15, -0.1) is 0 Å². The van der Waals surface area contributed by atoms with Crippen molar-refractivity contribution in [3.63, 3.8) is 0 Å². The number of nitrogens with zero attached hydrogens (tertiary/aromatic N) is 2. The predicted molar refractivity (Wildman–Crippen MR) is 104 cm³/mol. The Kier molecular flexibility index (Phi) is 4.09. The van der Waals surface area contributed by atoms with E-state index in [4.69, 9.17) is 0 Å². The van der Waals surface area contributed by atoms with Gasteiger partial charge in [0, 0.05) is 23.9 Å². The first-order valence-electron chi connectivity index (χ1n) is 7.89. The number of amides is 1. The van der Waals surface area contributed by atoms with Gasteiger partial charge in [0.1, 0.15) is 5.82 Å². The molecule has 0 fully saturated rings. The number of carbonyl (C=O) groups excluding carboxylic acids is 1. The lowest BCUT2D eigenvalue weighted by Gasteiger charge is -2.32. The number of aromatic nitrogens is 1. The predicted octanol–water partition coefficient (Wildman–Crippen LogP) is 4.41. The number of carbonyl (C=O) groups is 1. The Morgan fingerprint density at radius 2 is 1.72 bits per heavy atom. The van der Waals surface area contributed by atoms with Crippen LogP contribution in [0.4, 0.5) is 11.5 Å². The van der Waals surface area contributed by atoms with Crippen molar-refractivity contribution >= 4 is 44.7 Å². The van der Waals surface area contributed by atoms with E-state index < -0.39 is 0 Å². The first kappa shape index (κ1) is 16.3. The zero-order valence-electron chi connectivity index (χ0n) is 13.5. The molecule has 1 atom stereocenters. The summed E-state index contributed by atoms with van der Waals surface area (Å²) < 4.78 is 2.52. The summed E-state index contributed by atoms with van der Waals surface area (Å²) in [6.07, 6.45) is 0.354. The van der Waals surface area contributed by atoms with Gasteiger partial charge in [-0.2, -0.15) is 0 Å². The maximum absolute atomic E-state index is 13.0. The van der Waals surface area contributed by atoms with E-state index in [0.717, 1.165) is 20.6 Å². The van der Waals surface area contributed by atoms with Crippen molar-refractivity contribution in [2.75, 3.05) is 4.90 Å². The molecular weight excluding hydrogens is 400 g/mol. The summed E-state index contributed by atoms with van der Waals surface area (Å²) in [5.74, 6) is 0.605. The lowest BCUT2D eigenvalue weighted by atomic mass is 9.90. The minimum atomic E-state index is -0.0747. The van der Waals surface area contributed by atoms with Gasteiger partial charge in [0.2, 0.25) is 5.91 Å². The van der Waals surface area contributed by atoms with Gasteiger partial charge in [-0.3, -0.25) is 19.1 Å². The minimum absolute atomic E-state index is 0.00271. The molecule has 0 bridgehead atoms. The Hall–Kier alpha value is -2.18. The van der Waals surface area contributed by atoms with E-state index >= 15 is 0 Å². The number of benzene rings is 2. The molecule has 6 heteroatoms. The van der Waals surface area contributed by atoms with Crippen molar-refractivity contribution in [1.29, 1.82) is 0 Å². The van der Waals surface area contributed by atoms with Gasteiger partial charge in [-0.1, -0.05) is 57.6 Å². The number of anilines is 2. The molecule has 2 aromatic carbocycles. The number of fused-ring (bicyclic) bond motifs is 1. The van der Waals surface area contributed by atoms with Crippen LogP contribution in [0.15, 0.2) is 63.9 Å². The fourth-order valence-corrected chi connectivity index (χ4v) is 4.59. The normalized spacial score (nSPS) is 16.8. The van der Waals surface area contributed by atoms with Crippen LogP contribution in [-0.4, -0.2) is 10.5 Å². The largest absolute Gasteiger partial charge is 0.308 e. The van der Waals surface area contributed by atoms with Crippen molar-refractivity contribution in [1.82, 2.24) is 4.57 Å². The van der Waals surface area contributed by atoms with Crippen LogP contribution in [0.3, 0.4) is 0 Å². The van der Waals surface area contributed by atoms with Gasteiger partial charge in [0.05, 0.1) is 10.6 Å². The third-order valence-corrected chi connectivity index (χ3v) is 6.12. The van der Waals surface area contributed by atoms with E-state index in [1.165, 1.54) is 11.3 Å². The summed E-state index contributed by atoms with van der Waals surface area (Å²) >= 11 is 4.65. The maximum atomic E-state index is 13.0. The summed E-state index contributed by atoms with van der Waals surface area (Å²) in [6.45, 7) is 0. The van der Waals surface area contributed by atoms with Crippen molar-refractivity contribution in [3.05, 3.63) is 79.2 Å². The zero-order valence-corrected chi connectivity index (χ0v) is 15.9. The first-order valence-corrected chi connectivity index (χ1v) is 9.50. The van der Waals surface area contributed by atoms with Crippen molar-refractivity contribution in [2.45, 2.75) is 12.3 Å². The van der Waals surface area contributed by atoms with E-state index in [1.807, 2.05) is 54.6 Å². The molecule has 0 spiro atoms. The molecule has 0 radical (unpaired) electrons. The molecule has 1 aliphatic rings. The van der Waals surface area contributed by atoms with Crippen molar-refractivity contribution in [3.8, 4) is 0 Å². The summed E-state index contributed by atoms with van der Waals surface area (Å²) in [6, 6.07) is 17.5. The zero-order chi connectivity index (χ0) is 17.6. The molecule has 4 nitrogen and oxygen atoms in total. The SMILES string of the molecule is Cn1c2c(sc1=O)C(c1ccccc1)CC(=O)N2c1ccc(Br)cc1. The third kappa shape index (κ3) is 2.75. The van der Waals surface area contributed by atoms with Crippen LogP contribution >= 0.6 is 27.3 Å². The molecule has 3 aromatic rings. The lowest BCUT2D eigenvalue weighted by Crippen LogP contribution is -2.34. The molecule has 0 aliphatic carbocycles. The van der Waals surface area contributed by atoms with E-state index in [-0.39, 0.29) is 16.7 Å². The van der Waals surface area contributed by atoms with Gasteiger partial charge in [0.25, 0.3) is 0 Å². The Labute approximate surface area is 157 Å². The average Bonchev–Trinajstić information content (AvgIpc) is 2.92. The Bertz CT molecular complexity index is 993. The first-order chi connectivity index (χ1) is 12.1. The Morgan fingerprint density at radius 1 is 1.04 bits per heavy atom. The molecule has 1 amide bonds. The molecule has 0 saturated heterocycles. The smallest absolute Gasteiger partial charge is 0.288 e. The number of halogens is 1. The number of thiazole rings is 1. The molecular formula is C19H15BrN2O2S. The lowest BCUT2D eigenvalue weighted by molar-refractivity contribution is -0.118. The van der Waals surface area contributed by atoms with Gasteiger partial charge in [-0.25, -0.2) is 0 Å². The second kappa shape index (κ2) is 6.28. The maximum Gasteiger partial charge on any atom is 0.308 e. The second-order valence-corrected chi connectivity index (χ2v) is 7.90. The Morgan fingerprint density at radius 3 is 2.40 bits per heavy atom. The van der Waals surface area contributed by atoms with Gasteiger partial charge < -0.3 is 0 Å². The molecule has 1 unspecified atom stereocenters. The molecule has 0 N–H and O–H groups in total. The molecule has 2 heterocycles. The van der Waals surface area contributed by atoms with Crippen molar-refractivity contribution in [2.24, 2.45) is 7.05 Å². The van der Waals surface area contributed by atoms with Crippen LogP contribution in [0.1, 0.15) is 22.8 Å². The van der Waals surface area contributed by atoms with Crippen LogP contribution in [-0.2, 0) is 11.8 Å². The third-order valence-electron chi connectivity index (χ3n) is 4.45. The highest BCUT2D eigenvalue weighted by Gasteiger charge is 2.37. The van der Waals surface area contributed by atoms with Crippen LogP contribution < -0.4 is 9.77 Å². The highest BCUT2D eigenvalue weighted by atomic mass is 79.9. The number of rotatable bonds is 2. The summed E-state index contributed by atoms with van der Waals surface area (Å²) in [4.78, 5) is 27.9. The summed E-state index contributed by atoms with van der Waals surface area (Å²) in [7, 11) is 1.73. The van der Waals surface area contributed by atoms with Crippen LogP contribution in [0, 0.1) is 0 Å². The minimum Gasteiger partial charge on any atom is -0.288 e. The topological polar surface area (TPSA) is 42.3 Å². The fraction of sp³-hybridized carbons (Fsp3) is 0.158. The molecule has 1 aromatic heterocycles. The van der Waals surface area contributed by atoms with Gasteiger partial charge in [-0.05, 0) is 29.8 Å². The highest BCUT2D eigenvalue weighted by Crippen LogP contribution is 2.44. The second-order valence-electron chi connectivity index (χ2n) is 5.99. The van der Waals surface area contributed by atoms with E-state index in [2.05, 4.69) is 15.9 Å². The molecule has 4 rings (SSSR count). The van der Waals surface area contributed by atoms with Crippen LogP contribution in [0.5, 0.6) is 0 Å². The molecule has 0 saturated carbocycles. The molecule has 25 heavy (non-hydrogen) atoms. The standard InChI is InChI=1S/C19H15BrN2O2S/c1-21-18-17(25-19(21)24)15(12-5-3-2-4-6-12)11-16(23)22(18)14-9-7-13(20)8-10-14/h2-10,15H,11H2,1H3. The summed E-state index contributed by atoms with van der Waals surface area (Å²) in [5, 5.41) is 0. The van der Waals surface area contributed by atoms with Crippen LogP contribution in [0.25, 0.3) is 0 Å². The highest BCUT2D eigenvalue weighted by molar-refractivity contribution is 9.10. The van der Waals surface area contributed by atoms with E-state index in [9.17, 15) is 9.59 Å².